The fraction of sp³-hybridized carbons (Fsp3) is 0.0435. The zero-order chi connectivity index (χ0) is 23.1. The van der Waals surface area contributed by atoms with Crippen molar-refractivity contribution in [1.29, 1.82) is 0 Å². The van der Waals surface area contributed by atoms with Gasteiger partial charge < -0.3 is 4.57 Å². The van der Waals surface area contributed by atoms with Crippen molar-refractivity contribution in [2.45, 2.75) is 6.54 Å². The van der Waals surface area contributed by atoms with E-state index < -0.39 is 11.8 Å². The second-order valence-electron chi connectivity index (χ2n) is 7.24. The van der Waals surface area contributed by atoms with E-state index in [4.69, 9.17) is 35.4 Å². The monoisotopic (exact) mass is 512 g/mol. The Morgan fingerprint density at radius 2 is 1.85 bits per heavy atom. The molecule has 0 bridgehead atoms. The van der Waals surface area contributed by atoms with Gasteiger partial charge in [0.25, 0.3) is 11.8 Å². The lowest BCUT2D eigenvalue weighted by molar-refractivity contribution is -0.122. The molecular weight excluding hydrogens is 499 g/mol. The van der Waals surface area contributed by atoms with Crippen molar-refractivity contribution in [3.8, 4) is 0 Å². The first-order chi connectivity index (χ1) is 15.9. The van der Waals surface area contributed by atoms with Gasteiger partial charge >= 0.3 is 0 Å². The largest absolute Gasteiger partial charge is 0.342 e. The molecule has 1 aliphatic heterocycles. The van der Waals surface area contributed by atoms with Crippen LogP contribution >= 0.6 is 46.8 Å². The van der Waals surface area contributed by atoms with E-state index in [1.807, 2.05) is 35.0 Å². The van der Waals surface area contributed by atoms with Gasteiger partial charge in [0.05, 0.1) is 12.2 Å². The highest BCUT2D eigenvalue weighted by Crippen LogP contribution is 2.28. The van der Waals surface area contributed by atoms with Gasteiger partial charge in [-0.3, -0.25) is 19.8 Å². The summed E-state index contributed by atoms with van der Waals surface area (Å²) in [5.74, 6) is -1.04. The summed E-state index contributed by atoms with van der Waals surface area (Å²) in [7, 11) is 0. The quantitative estimate of drug-likeness (QED) is 0.229. The third-order valence-corrected chi connectivity index (χ3v) is 6.79. The number of hydrogen-bond donors (Lipinski definition) is 1. The molecule has 2 amide bonds. The summed E-state index contributed by atoms with van der Waals surface area (Å²) in [5.41, 5.74) is 2.21. The van der Waals surface area contributed by atoms with Gasteiger partial charge in [-0.25, -0.2) is 4.98 Å². The van der Waals surface area contributed by atoms with Crippen molar-refractivity contribution in [2.75, 3.05) is 4.90 Å². The molecule has 1 saturated heterocycles. The van der Waals surface area contributed by atoms with Gasteiger partial charge in [-0.05, 0) is 48.6 Å². The molecule has 6 nitrogen and oxygen atoms in total. The van der Waals surface area contributed by atoms with Crippen molar-refractivity contribution in [3.05, 3.63) is 86.4 Å². The van der Waals surface area contributed by atoms with Crippen LogP contribution in [0.4, 0.5) is 5.69 Å². The number of aromatic nitrogens is 2. The lowest BCUT2D eigenvalue weighted by atomic mass is 10.1. The van der Waals surface area contributed by atoms with Gasteiger partial charge in [0, 0.05) is 38.8 Å². The van der Waals surface area contributed by atoms with Crippen LogP contribution < -0.4 is 10.2 Å². The van der Waals surface area contributed by atoms with Gasteiger partial charge in [0.2, 0.25) is 0 Å². The number of benzene rings is 2. The predicted molar refractivity (Wildman–Crippen MR) is 136 cm³/mol. The van der Waals surface area contributed by atoms with Crippen LogP contribution in [0.3, 0.4) is 0 Å². The predicted octanol–water partition coefficient (Wildman–Crippen LogP) is 5.28. The highest BCUT2D eigenvalue weighted by molar-refractivity contribution is 7.80. The zero-order valence-electron chi connectivity index (χ0n) is 16.8. The summed E-state index contributed by atoms with van der Waals surface area (Å²) in [5, 5.41) is 4.07. The maximum absolute atomic E-state index is 13.3. The molecule has 0 radical (unpaired) electrons. The van der Waals surface area contributed by atoms with Crippen LogP contribution in [0.25, 0.3) is 17.0 Å². The van der Waals surface area contributed by atoms with Crippen LogP contribution in [0.5, 0.6) is 0 Å². The second kappa shape index (κ2) is 8.72. The summed E-state index contributed by atoms with van der Waals surface area (Å²) < 4.78 is 2.52. The maximum Gasteiger partial charge on any atom is 0.270 e. The van der Waals surface area contributed by atoms with Gasteiger partial charge in [-0.15, -0.1) is 11.3 Å². The molecule has 1 fully saturated rings. The van der Waals surface area contributed by atoms with Crippen LogP contribution in [0.1, 0.15) is 10.4 Å². The molecule has 0 saturated carbocycles. The lowest BCUT2D eigenvalue weighted by Crippen LogP contribution is -2.54. The molecular formula is C23H14Cl2N4O2S2. The standard InChI is InChI=1S/C23H14Cl2N4O2S2/c24-14-5-7-15(8-6-14)29-21(31)18(20(30)27-23(29)32)9-13-11-28(12-16-10-26-22(25)33-16)19-4-2-1-3-17(13)19/h1-11H,12H2,(H,27,30,32). The number of rotatable bonds is 4. The molecule has 5 rings (SSSR count). The number of hydrogen-bond acceptors (Lipinski definition) is 5. The average Bonchev–Trinajstić information content (AvgIpc) is 3.36. The number of thiocarbonyl (C=S) groups is 1. The van der Waals surface area contributed by atoms with E-state index in [0.29, 0.717) is 21.7 Å². The number of thiazole rings is 1. The number of halogens is 2. The molecule has 0 unspecified atom stereocenters. The van der Waals surface area contributed by atoms with Crippen molar-refractivity contribution >= 4 is 86.3 Å². The number of fused-ring (bicyclic) bond motifs is 1. The fourth-order valence-corrected chi connectivity index (χ4v) is 5.07. The molecule has 3 heterocycles. The van der Waals surface area contributed by atoms with E-state index >= 15 is 0 Å². The van der Waals surface area contributed by atoms with Crippen LogP contribution in [-0.4, -0.2) is 26.5 Å². The minimum absolute atomic E-state index is 0.0118. The summed E-state index contributed by atoms with van der Waals surface area (Å²) >= 11 is 18.6. The van der Waals surface area contributed by atoms with E-state index in [9.17, 15) is 9.59 Å². The Balaban J connectivity index is 1.56. The smallest absolute Gasteiger partial charge is 0.270 e. The Labute approximate surface area is 208 Å². The maximum atomic E-state index is 13.3. The molecule has 0 spiro atoms. The lowest BCUT2D eigenvalue weighted by Gasteiger charge is -2.28. The molecule has 1 aliphatic rings. The Kier molecular flexibility index (Phi) is 5.76. The molecule has 2 aromatic carbocycles. The first-order valence-electron chi connectivity index (χ1n) is 9.76. The van der Waals surface area contributed by atoms with E-state index in [1.165, 1.54) is 16.2 Å². The number of carbonyl (C=O) groups is 2. The Bertz CT molecular complexity index is 1460. The Hall–Kier alpha value is -3.04. The summed E-state index contributed by atoms with van der Waals surface area (Å²) in [4.78, 5) is 32.4. The number of amides is 2. The van der Waals surface area contributed by atoms with E-state index in [1.54, 1.807) is 36.5 Å². The second-order valence-corrected chi connectivity index (χ2v) is 9.76. The highest BCUT2D eigenvalue weighted by Gasteiger charge is 2.34. The van der Waals surface area contributed by atoms with Crippen molar-refractivity contribution in [3.63, 3.8) is 0 Å². The van der Waals surface area contributed by atoms with Crippen molar-refractivity contribution in [2.24, 2.45) is 0 Å². The number of nitrogens with one attached hydrogen (secondary N) is 1. The Morgan fingerprint density at radius 3 is 2.58 bits per heavy atom. The Morgan fingerprint density at radius 1 is 1.09 bits per heavy atom. The number of anilines is 1. The third kappa shape index (κ3) is 4.18. The average molecular weight is 513 g/mol. The third-order valence-electron chi connectivity index (χ3n) is 5.16. The van der Waals surface area contributed by atoms with Crippen LogP contribution in [0, 0.1) is 0 Å². The zero-order valence-corrected chi connectivity index (χ0v) is 19.9. The van der Waals surface area contributed by atoms with Crippen LogP contribution in [-0.2, 0) is 16.1 Å². The van der Waals surface area contributed by atoms with E-state index in [2.05, 4.69) is 10.3 Å². The van der Waals surface area contributed by atoms with E-state index in [-0.39, 0.29) is 10.7 Å². The highest BCUT2D eigenvalue weighted by atomic mass is 35.5. The van der Waals surface area contributed by atoms with Crippen LogP contribution in [0.2, 0.25) is 9.49 Å². The minimum Gasteiger partial charge on any atom is -0.342 e. The fourth-order valence-electron chi connectivity index (χ4n) is 3.68. The number of para-hydroxylation sites is 1. The minimum atomic E-state index is -0.540. The summed E-state index contributed by atoms with van der Waals surface area (Å²) in [6.45, 7) is 0.565. The number of nitrogens with zero attached hydrogens (tertiary/aromatic N) is 3. The van der Waals surface area contributed by atoms with Crippen molar-refractivity contribution < 1.29 is 9.59 Å². The molecule has 10 heteroatoms. The topological polar surface area (TPSA) is 67.2 Å². The summed E-state index contributed by atoms with van der Waals surface area (Å²) in [6, 6.07) is 14.5. The normalized spacial score (nSPS) is 15.5. The van der Waals surface area contributed by atoms with E-state index in [0.717, 1.165) is 21.3 Å². The van der Waals surface area contributed by atoms with Gasteiger partial charge in [0.15, 0.2) is 9.58 Å². The molecule has 0 atom stereocenters. The summed E-state index contributed by atoms with van der Waals surface area (Å²) in [6.07, 6.45) is 5.25. The van der Waals surface area contributed by atoms with Gasteiger partial charge in [-0.1, -0.05) is 41.4 Å². The van der Waals surface area contributed by atoms with Crippen molar-refractivity contribution in [1.82, 2.24) is 14.9 Å². The molecule has 2 aromatic heterocycles. The molecule has 4 aromatic rings. The van der Waals surface area contributed by atoms with Gasteiger partial charge in [0.1, 0.15) is 5.57 Å². The molecule has 0 aliphatic carbocycles. The first kappa shape index (κ1) is 21.8. The number of carbonyl (C=O) groups excluding carboxylic acids is 2. The van der Waals surface area contributed by atoms with Gasteiger partial charge in [-0.2, -0.15) is 0 Å². The molecule has 33 heavy (non-hydrogen) atoms. The first-order valence-corrected chi connectivity index (χ1v) is 11.7. The SMILES string of the molecule is O=C1NC(=S)N(c2ccc(Cl)cc2)C(=O)C1=Cc1cn(Cc2cnc(Cl)s2)c2ccccc12. The van der Waals surface area contributed by atoms with Crippen LogP contribution in [0.15, 0.2) is 66.5 Å². The molecule has 164 valence electrons. The molecule has 1 N–H and O–H groups in total.